The van der Waals surface area contributed by atoms with Gasteiger partial charge in [-0.15, -0.1) is 0 Å². The minimum atomic E-state index is -1.63. The predicted molar refractivity (Wildman–Crippen MR) is 68.5 cm³/mol. The van der Waals surface area contributed by atoms with Crippen LogP contribution in [0.2, 0.25) is 0 Å². The van der Waals surface area contributed by atoms with Gasteiger partial charge in [-0.25, -0.2) is 4.79 Å². The number of aliphatic carboxylic acids is 1. The van der Waals surface area contributed by atoms with E-state index in [1.54, 1.807) is 0 Å². The zero-order chi connectivity index (χ0) is 13.3. The quantitative estimate of drug-likeness (QED) is 0.757. The van der Waals surface area contributed by atoms with Crippen LogP contribution in [0.5, 0.6) is 0 Å². The molecule has 2 fully saturated rings. The smallest absolute Gasteiger partial charge is 0.336 e. The maximum atomic E-state index is 10.9. The van der Waals surface area contributed by atoms with Crippen molar-refractivity contribution in [1.29, 1.82) is 0 Å². The van der Waals surface area contributed by atoms with Gasteiger partial charge in [-0.2, -0.15) is 0 Å². The van der Waals surface area contributed by atoms with Crippen molar-refractivity contribution in [3.05, 3.63) is 0 Å². The molecule has 0 aliphatic carbocycles. The summed E-state index contributed by atoms with van der Waals surface area (Å²) in [5.41, 5.74) is -1.63. The lowest BCUT2D eigenvalue weighted by Crippen LogP contribution is -2.56. The number of piperidine rings is 2. The third-order valence-electron chi connectivity index (χ3n) is 4.42. The number of nitrogens with zero attached hydrogens (tertiary/aromatic N) is 2. The lowest BCUT2D eigenvalue weighted by molar-refractivity contribution is -0.159. The molecule has 2 N–H and O–H groups in total. The van der Waals surface area contributed by atoms with E-state index >= 15 is 0 Å². The summed E-state index contributed by atoms with van der Waals surface area (Å²) in [6.45, 7) is 4.59. The van der Waals surface area contributed by atoms with Crippen molar-refractivity contribution in [3.63, 3.8) is 0 Å². The van der Waals surface area contributed by atoms with E-state index in [1.807, 2.05) is 0 Å². The molecule has 0 aromatic carbocycles. The number of hydrogen-bond donors (Lipinski definition) is 2. The van der Waals surface area contributed by atoms with Crippen molar-refractivity contribution >= 4 is 5.97 Å². The van der Waals surface area contributed by atoms with Crippen LogP contribution in [0.4, 0.5) is 0 Å². The molecule has 0 aromatic rings. The van der Waals surface area contributed by atoms with E-state index in [2.05, 4.69) is 16.8 Å². The van der Waals surface area contributed by atoms with Gasteiger partial charge in [-0.1, -0.05) is 0 Å². The van der Waals surface area contributed by atoms with E-state index in [9.17, 15) is 9.90 Å². The second kappa shape index (κ2) is 5.15. The highest BCUT2D eigenvalue weighted by Gasteiger charge is 2.38. The molecule has 2 heterocycles. The lowest BCUT2D eigenvalue weighted by Gasteiger charge is -2.46. The van der Waals surface area contributed by atoms with Crippen LogP contribution in [-0.4, -0.2) is 70.9 Å². The van der Waals surface area contributed by atoms with Gasteiger partial charge in [-0.3, -0.25) is 4.90 Å². The molecule has 2 aliphatic heterocycles. The molecule has 0 aromatic heterocycles. The number of likely N-dealkylation sites (tertiary alicyclic amines) is 2. The van der Waals surface area contributed by atoms with Crippen LogP contribution in [-0.2, 0) is 4.79 Å². The van der Waals surface area contributed by atoms with Crippen molar-refractivity contribution in [1.82, 2.24) is 9.80 Å². The van der Waals surface area contributed by atoms with Crippen LogP contribution in [0.25, 0.3) is 0 Å². The fraction of sp³-hybridized carbons (Fsp3) is 0.923. The number of carboxylic acids is 1. The van der Waals surface area contributed by atoms with E-state index in [0.717, 1.165) is 19.5 Å². The topological polar surface area (TPSA) is 64.0 Å². The van der Waals surface area contributed by atoms with Gasteiger partial charge in [0.05, 0.1) is 0 Å². The second-order valence-electron chi connectivity index (χ2n) is 6.05. The summed E-state index contributed by atoms with van der Waals surface area (Å²) in [6.07, 6.45) is 3.53. The minimum Gasteiger partial charge on any atom is -0.479 e. The van der Waals surface area contributed by atoms with E-state index in [1.165, 1.54) is 26.3 Å². The summed E-state index contributed by atoms with van der Waals surface area (Å²) in [4.78, 5) is 15.5. The maximum Gasteiger partial charge on any atom is 0.336 e. The molecular weight excluding hydrogens is 232 g/mol. The molecule has 2 rings (SSSR count). The number of fused-ring (bicyclic) bond motifs is 1. The third-order valence-corrected chi connectivity index (χ3v) is 4.42. The molecular formula is C13H24N2O3. The third kappa shape index (κ3) is 2.84. The molecule has 18 heavy (non-hydrogen) atoms. The first-order valence-electron chi connectivity index (χ1n) is 6.78. The standard InChI is InChI=1S/C13H24N2O3/c1-13(18,12(16)17)9-15-7-5-11-10(8-15)4-3-6-14(11)2/h10-11,18H,3-9H2,1-2H3,(H,16,17). The fourth-order valence-electron chi connectivity index (χ4n) is 3.37. The molecule has 5 nitrogen and oxygen atoms in total. The monoisotopic (exact) mass is 256 g/mol. The summed E-state index contributed by atoms with van der Waals surface area (Å²) >= 11 is 0. The second-order valence-corrected chi connectivity index (χ2v) is 6.05. The first-order valence-corrected chi connectivity index (χ1v) is 6.78. The van der Waals surface area contributed by atoms with Crippen LogP contribution < -0.4 is 0 Å². The highest BCUT2D eigenvalue weighted by atomic mass is 16.4. The molecule has 0 saturated carbocycles. The van der Waals surface area contributed by atoms with Crippen LogP contribution in [0.15, 0.2) is 0 Å². The van der Waals surface area contributed by atoms with Crippen molar-refractivity contribution in [2.75, 3.05) is 33.2 Å². The van der Waals surface area contributed by atoms with Gasteiger partial charge in [0.2, 0.25) is 0 Å². The molecule has 2 aliphatic rings. The Morgan fingerprint density at radius 3 is 2.78 bits per heavy atom. The molecule has 0 bridgehead atoms. The maximum absolute atomic E-state index is 10.9. The Morgan fingerprint density at radius 2 is 2.11 bits per heavy atom. The number of carboxylic acid groups (broad SMARTS) is 1. The first kappa shape index (κ1) is 13.8. The van der Waals surface area contributed by atoms with Gasteiger partial charge in [0, 0.05) is 19.1 Å². The molecule has 2 saturated heterocycles. The van der Waals surface area contributed by atoms with Crippen LogP contribution in [0.3, 0.4) is 0 Å². The molecule has 0 amide bonds. The normalized spacial score (nSPS) is 33.7. The number of β-amino-alcohol motifs (C(OH)–C–C–N with tert-alkyl or cyclic N) is 1. The van der Waals surface area contributed by atoms with Gasteiger partial charge in [0.25, 0.3) is 0 Å². The average Bonchev–Trinajstić information content (AvgIpc) is 2.28. The van der Waals surface area contributed by atoms with E-state index in [-0.39, 0.29) is 6.54 Å². The molecule has 3 unspecified atom stereocenters. The number of aliphatic hydroxyl groups is 1. The Labute approximate surface area is 108 Å². The van der Waals surface area contributed by atoms with E-state index in [0.29, 0.717) is 12.0 Å². The highest BCUT2D eigenvalue weighted by Crippen LogP contribution is 2.30. The molecule has 0 spiro atoms. The minimum absolute atomic E-state index is 0.231. The Morgan fingerprint density at radius 1 is 1.39 bits per heavy atom. The molecule has 5 heteroatoms. The lowest BCUT2D eigenvalue weighted by atomic mass is 9.84. The number of rotatable bonds is 3. The van der Waals surface area contributed by atoms with Gasteiger partial charge >= 0.3 is 5.97 Å². The Balaban J connectivity index is 1.93. The Hall–Kier alpha value is -0.650. The fourth-order valence-corrected chi connectivity index (χ4v) is 3.37. The van der Waals surface area contributed by atoms with E-state index in [4.69, 9.17) is 5.11 Å². The Bertz CT molecular complexity index is 319. The van der Waals surface area contributed by atoms with Crippen LogP contribution in [0, 0.1) is 5.92 Å². The summed E-state index contributed by atoms with van der Waals surface area (Å²) in [7, 11) is 2.18. The van der Waals surface area contributed by atoms with Crippen molar-refractivity contribution in [3.8, 4) is 0 Å². The van der Waals surface area contributed by atoms with Gasteiger partial charge in [0.1, 0.15) is 0 Å². The number of carbonyl (C=O) groups is 1. The zero-order valence-electron chi connectivity index (χ0n) is 11.3. The Kier molecular flexibility index (Phi) is 3.94. The molecule has 3 atom stereocenters. The zero-order valence-corrected chi connectivity index (χ0v) is 11.3. The first-order chi connectivity index (χ1) is 8.40. The summed E-state index contributed by atoms with van der Waals surface area (Å²) in [5, 5.41) is 18.8. The van der Waals surface area contributed by atoms with Crippen LogP contribution in [0.1, 0.15) is 26.2 Å². The van der Waals surface area contributed by atoms with Gasteiger partial charge in [0.15, 0.2) is 5.60 Å². The van der Waals surface area contributed by atoms with Crippen LogP contribution >= 0.6 is 0 Å². The number of hydrogen-bond acceptors (Lipinski definition) is 4. The predicted octanol–water partition coefficient (Wildman–Crippen LogP) is 0.238. The van der Waals surface area contributed by atoms with Crippen molar-refractivity contribution < 1.29 is 15.0 Å². The SMILES string of the molecule is CN1CCCC2CN(CC(C)(O)C(=O)O)CCC21. The average molecular weight is 256 g/mol. The summed E-state index contributed by atoms with van der Waals surface area (Å²) in [5.74, 6) is -0.507. The van der Waals surface area contributed by atoms with Crippen molar-refractivity contribution in [2.45, 2.75) is 37.8 Å². The molecule has 0 radical (unpaired) electrons. The molecule has 104 valence electrons. The van der Waals surface area contributed by atoms with Gasteiger partial charge in [-0.05, 0) is 52.2 Å². The van der Waals surface area contributed by atoms with E-state index < -0.39 is 11.6 Å². The van der Waals surface area contributed by atoms with Crippen molar-refractivity contribution in [2.24, 2.45) is 5.92 Å². The highest BCUT2D eigenvalue weighted by molar-refractivity contribution is 5.76. The largest absolute Gasteiger partial charge is 0.479 e. The van der Waals surface area contributed by atoms with Gasteiger partial charge < -0.3 is 15.1 Å². The summed E-state index contributed by atoms with van der Waals surface area (Å²) in [6, 6.07) is 0.643. The summed E-state index contributed by atoms with van der Waals surface area (Å²) < 4.78 is 0.